The van der Waals surface area contributed by atoms with Crippen molar-refractivity contribution in [1.82, 2.24) is 0 Å². The van der Waals surface area contributed by atoms with Crippen LogP contribution in [0.4, 0.5) is 0 Å². The van der Waals surface area contributed by atoms with Crippen LogP contribution < -0.4 is 0 Å². The van der Waals surface area contributed by atoms with Crippen molar-refractivity contribution in [2.24, 2.45) is 0 Å². The summed E-state index contributed by atoms with van der Waals surface area (Å²) in [5, 5.41) is 8.85. The lowest BCUT2D eigenvalue weighted by molar-refractivity contribution is -0.120. The fraction of sp³-hybridized carbons (Fsp3) is 0.778. The van der Waals surface area contributed by atoms with Crippen molar-refractivity contribution in [3.8, 4) is 0 Å². The Morgan fingerprint density at radius 3 is 2.64 bits per heavy atom. The van der Waals surface area contributed by atoms with Gasteiger partial charge in [-0.2, -0.15) is 0 Å². The zero-order valence-electron chi connectivity index (χ0n) is 7.18. The van der Waals surface area contributed by atoms with E-state index in [0.717, 1.165) is 19.3 Å². The molecule has 0 aromatic carbocycles. The van der Waals surface area contributed by atoms with Crippen molar-refractivity contribution in [1.29, 1.82) is 0 Å². The highest BCUT2D eigenvalue weighted by atomic mass is 16.3. The van der Waals surface area contributed by atoms with E-state index < -0.39 is 6.10 Å². The Morgan fingerprint density at radius 1 is 1.55 bits per heavy atom. The van der Waals surface area contributed by atoms with E-state index in [1.165, 1.54) is 0 Å². The van der Waals surface area contributed by atoms with Gasteiger partial charge in [-0.15, -0.1) is 0 Å². The molecule has 0 aliphatic carbocycles. The smallest absolute Gasteiger partial charge is 0.135 e. The molecule has 2 heteroatoms. The number of carbonyl (C=O) groups excluding carboxylic acids is 1. The first kappa shape index (κ1) is 10.6. The lowest BCUT2D eigenvalue weighted by Gasteiger charge is -2.01. The Bertz CT molecular complexity index is 108. The molecule has 0 rings (SSSR count). The largest absolute Gasteiger partial charge is 0.393 e. The minimum Gasteiger partial charge on any atom is -0.393 e. The Balaban J connectivity index is 3.23. The van der Waals surface area contributed by atoms with Crippen LogP contribution in [0.15, 0.2) is 0 Å². The molecule has 0 fully saturated rings. The van der Waals surface area contributed by atoms with Crippen molar-refractivity contribution in [3.63, 3.8) is 0 Å². The summed E-state index contributed by atoms with van der Waals surface area (Å²) in [6, 6.07) is 0. The summed E-state index contributed by atoms with van der Waals surface area (Å²) in [6.07, 6.45) is 3.22. The van der Waals surface area contributed by atoms with Gasteiger partial charge in [0, 0.05) is 12.8 Å². The van der Waals surface area contributed by atoms with Crippen LogP contribution in [0.2, 0.25) is 0 Å². The van der Waals surface area contributed by atoms with Gasteiger partial charge in [0.25, 0.3) is 0 Å². The zero-order valence-corrected chi connectivity index (χ0v) is 7.18. The van der Waals surface area contributed by atoms with Crippen LogP contribution in [0.5, 0.6) is 0 Å². The van der Waals surface area contributed by atoms with Gasteiger partial charge in [0.1, 0.15) is 5.78 Å². The number of Topliss-reactive ketones (excluding diaryl/α,β-unsaturated/α-hetero) is 1. The van der Waals surface area contributed by atoms with Crippen molar-refractivity contribution >= 4 is 5.78 Å². The van der Waals surface area contributed by atoms with Crippen LogP contribution in [0, 0.1) is 6.92 Å². The van der Waals surface area contributed by atoms with Gasteiger partial charge in [0.2, 0.25) is 0 Å². The van der Waals surface area contributed by atoms with Crippen LogP contribution >= 0.6 is 0 Å². The molecule has 1 unspecified atom stereocenters. The van der Waals surface area contributed by atoms with Gasteiger partial charge in [-0.1, -0.05) is 19.8 Å². The van der Waals surface area contributed by atoms with Gasteiger partial charge >= 0.3 is 0 Å². The van der Waals surface area contributed by atoms with Gasteiger partial charge in [-0.25, -0.2) is 0 Å². The number of aliphatic hydroxyl groups excluding tert-OH is 1. The fourth-order valence-electron chi connectivity index (χ4n) is 0.930. The number of rotatable bonds is 6. The summed E-state index contributed by atoms with van der Waals surface area (Å²) in [5.41, 5.74) is 0. The first-order valence-corrected chi connectivity index (χ1v) is 4.16. The van der Waals surface area contributed by atoms with Crippen molar-refractivity contribution in [2.75, 3.05) is 0 Å². The highest BCUT2D eigenvalue weighted by molar-refractivity contribution is 5.78. The van der Waals surface area contributed by atoms with Crippen molar-refractivity contribution in [3.05, 3.63) is 6.92 Å². The lowest BCUT2D eigenvalue weighted by Crippen LogP contribution is -2.08. The topological polar surface area (TPSA) is 37.3 Å². The molecular formula is C9H17O2. The van der Waals surface area contributed by atoms with E-state index in [0.29, 0.717) is 12.8 Å². The number of ketones is 1. The highest BCUT2D eigenvalue weighted by Crippen LogP contribution is 2.03. The number of hydrogen-bond donors (Lipinski definition) is 1. The average molecular weight is 157 g/mol. The maximum absolute atomic E-state index is 10.9. The standard InChI is InChI=1S/C9H17O2/c1-3-4-5-6-9(11)7-8(2)10/h8,10H,1,3-7H2,2H3. The van der Waals surface area contributed by atoms with E-state index in [1.54, 1.807) is 6.92 Å². The maximum atomic E-state index is 10.9. The minimum atomic E-state index is -0.484. The third-order valence-electron chi connectivity index (χ3n) is 1.48. The first-order valence-electron chi connectivity index (χ1n) is 4.16. The van der Waals surface area contributed by atoms with Crippen LogP contribution in [-0.2, 0) is 4.79 Å². The quantitative estimate of drug-likeness (QED) is 0.596. The Hall–Kier alpha value is -0.370. The predicted octanol–water partition coefficient (Wildman–Crippen LogP) is 1.72. The normalized spacial score (nSPS) is 13.0. The van der Waals surface area contributed by atoms with Crippen LogP contribution in [-0.4, -0.2) is 17.0 Å². The summed E-state index contributed by atoms with van der Waals surface area (Å²) < 4.78 is 0. The van der Waals surface area contributed by atoms with Gasteiger partial charge < -0.3 is 5.11 Å². The maximum Gasteiger partial charge on any atom is 0.135 e. The minimum absolute atomic E-state index is 0.161. The molecular weight excluding hydrogens is 140 g/mol. The predicted molar refractivity (Wildman–Crippen MR) is 45.1 cm³/mol. The molecule has 0 saturated heterocycles. The molecule has 0 saturated carbocycles. The van der Waals surface area contributed by atoms with Gasteiger partial charge in [-0.3, -0.25) is 4.79 Å². The molecule has 0 aromatic heterocycles. The van der Waals surface area contributed by atoms with Crippen LogP contribution in [0.25, 0.3) is 0 Å². The third-order valence-corrected chi connectivity index (χ3v) is 1.48. The molecule has 0 spiro atoms. The second-order valence-corrected chi connectivity index (χ2v) is 2.90. The molecule has 1 radical (unpaired) electrons. The number of unbranched alkanes of at least 4 members (excludes halogenated alkanes) is 2. The van der Waals surface area contributed by atoms with Gasteiger partial charge in [-0.05, 0) is 13.3 Å². The van der Waals surface area contributed by atoms with E-state index in [-0.39, 0.29) is 5.78 Å². The van der Waals surface area contributed by atoms with E-state index in [1.807, 2.05) is 0 Å². The summed E-state index contributed by atoms with van der Waals surface area (Å²) >= 11 is 0. The first-order chi connectivity index (χ1) is 5.16. The number of carbonyl (C=O) groups is 1. The summed E-state index contributed by atoms with van der Waals surface area (Å²) in [5.74, 6) is 0.161. The zero-order chi connectivity index (χ0) is 8.69. The molecule has 0 heterocycles. The lowest BCUT2D eigenvalue weighted by atomic mass is 10.1. The average Bonchev–Trinajstić information content (AvgIpc) is 1.86. The van der Waals surface area contributed by atoms with E-state index in [4.69, 9.17) is 5.11 Å². The molecule has 0 aromatic rings. The van der Waals surface area contributed by atoms with Crippen LogP contribution in [0.3, 0.4) is 0 Å². The molecule has 1 N–H and O–H groups in total. The molecule has 0 amide bonds. The Labute approximate surface area is 68.6 Å². The molecule has 1 atom stereocenters. The van der Waals surface area contributed by atoms with E-state index in [9.17, 15) is 4.79 Å². The highest BCUT2D eigenvalue weighted by Gasteiger charge is 2.04. The summed E-state index contributed by atoms with van der Waals surface area (Å²) in [6.45, 7) is 5.32. The second kappa shape index (κ2) is 6.35. The second-order valence-electron chi connectivity index (χ2n) is 2.90. The molecule has 2 nitrogen and oxygen atoms in total. The van der Waals surface area contributed by atoms with Crippen LogP contribution in [0.1, 0.15) is 39.0 Å². The van der Waals surface area contributed by atoms with Crippen molar-refractivity contribution in [2.45, 2.75) is 45.1 Å². The molecule has 0 aliphatic rings. The van der Waals surface area contributed by atoms with Gasteiger partial charge in [0.15, 0.2) is 0 Å². The third kappa shape index (κ3) is 7.53. The molecule has 11 heavy (non-hydrogen) atoms. The Kier molecular flexibility index (Phi) is 6.13. The molecule has 0 bridgehead atoms. The number of hydrogen-bond acceptors (Lipinski definition) is 2. The van der Waals surface area contributed by atoms with Crippen molar-refractivity contribution < 1.29 is 9.90 Å². The molecule has 0 aliphatic heterocycles. The number of aliphatic hydroxyl groups is 1. The van der Waals surface area contributed by atoms with E-state index >= 15 is 0 Å². The Morgan fingerprint density at radius 2 is 2.18 bits per heavy atom. The monoisotopic (exact) mass is 157 g/mol. The summed E-state index contributed by atoms with van der Waals surface area (Å²) in [4.78, 5) is 10.9. The summed E-state index contributed by atoms with van der Waals surface area (Å²) in [7, 11) is 0. The van der Waals surface area contributed by atoms with E-state index in [2.05, 4.69) is 6.92 Å². The fourth-order valence-corrected chi connectivity index (χ4v) is 0.930. The molecule has 65 valence electrons. The SMILES string of the molecule is [CH2]CCCCC(=O)CC(C)O. The van der Waals surface area contributed by atoms with Gasteiger partial charge in [0.05, 0.1) is 6.10 Å².